The summed E-state index contributed by atoms with van der Waals surface area (Å²) in [4.78, 5) is 17.0. The van der Waals surface area contributed by atoms with Gasteiger partial charge in [0, 0.05) is 23.5 Å². The Bertz CT molecular complexity index is 1180. The maximum Gasteiger partial charge on any atom is 0.573 e. The number of carbonyl (C=O) groups excluding carboxylic acids is 1. The van der Waals surface area contributed by atoms with Crippen LogP contribution in [0.25, 0.3) is 11.3 Å². The van der Waals surface area contributed by atoms with Gasteiger partial charge in [-0.15, -0.1) is 24.5 Å². The molecule has 36 heavy (non-hydrogen) atoms. The molecule has 1 heterocycles. The highest BCUT2D eigenvalue weighted by molar-refractivity contribution is 7.07. The molecule has 0 aliphatic carbocycles. The Kier molecular flexibility index (Phi) is 10.4. The number of ether oxygens (including phenoxy) is 2. The normalized spacial score (nSPS) is 12.1. The number of aromatic nitrogens is 1. The number of hydrogen-bond donors (Lipinski definition) is 1. The van der Waals surface area contributed by atoms with Gasteiger partial charge < -0.3 is 19.4 Å². The topological polar surface area (TPSA) is 64.8 Å². The number of benzene rings is 2. The summed E-state index contributed by atoms with van der Waals surface area (Å²) < 4.78 is 48.5. The van der Waals surface area contributed by atoms with Crippen molar-refractivity contribution in [2.75, 3.05) is 19.7 Å². The Morgan fingerprint density at radius 3 is 2.50 bits per heavy atom. The highest BCUT2D eigenvalue weighted by Crippen LogP contribution is 2.27. The second kappa shape index (κ2) is 13.5. The van der Waals surface area contributed by atoms with Crippen LogP contribution in [0.1, 0.15) is 25.3 Å². The summed E-state index contributed by atoms with van der Waals surface area (Å²) in [6, 6.07) is 13.2. The molecule has 194 valence electrons. The second-order valence-corrected chi connectivity index (χ2v) is 9.00. The molecule has 0 atom stereocenters. The van der Waals surface area contributed by atoms with Gasteiger partial charge in [0.1, 0.15) is 5.75 Å². The van der Waals surface area contributed by atoms with Gasteiger partial charge in [0.25, 0.3) is 0 Å². The fourth-order valence-electron chi connectivity index (χ4n) is 3.39. The summed E-state index contributed by atoms with van der Waals surface area (Å²) in [6.07, 6.45) is -3.67. The minimum Gasteiger partial charge on any atom is -0.466 e. The van der Waals surface area contributed by atoms with Crippen LogP contribution in [0.4, 0.5) is 13.2 Å². The van der Waals surface area contributed by atoms with E-state index in [4.69, 9.17) is 21.3 Å². The van der Waals surface area contributed by atoms with E-state index in [0.29, 0.717) is 44.2 Å². The molecule has 1 aromatic heterocycles. The van der Waals surface area contributed by atoms with Crippen molar-refractivity contribution in [1.82, 2.24) is 9.88 Å². The van der Waals surface area contributed by atoms with Crippen LogP contribution in [-0.2, 0) is 22.6 Å². The molecule has 0 radical (unpaired) electrons. The molecule has 0 aliphatic rings. The van der Waals surface area contributed by atoms with E-state index >= 15 is 0 Å². The highest BCUT2D eigenvalue weighted by atomic mass is 35.5. The number of thiazole rings is 1. The molecule has 3 aromatic rings. The summed E-state index contributed by atoms with van der Waals surface area (Å²) in [7, 11) is 0. The van der Waals surface area contributed by atoms with E-state index in [0.717, 1.165) is 28.0 Å². The molecule has 6 nitrogen and oxygen atoms in total. The molecule has 11 heteroatoms. The third-order valence-electron chi connectivity index (χ3n) is 5.04. The minimum atomic E-state index is -4.74. The Balaban J connectivity index is 1.74. The number of nitrogens with one attached hydrogen (secondary N) is 1. The number of rotatable bonds is 12. The monoisotopic (exact) mass is 541 g/mol. The Morgan fingerprint density at radius 2 is 1.83 bits per heavy atom. The lowest BCUT2D eigenvalue weighted by atomic mass is 10.1. The van der Waals surface area contributed by atoms with Gasteiger partial charge in [0.15, 0.2) is 4.80 Å². The van der Waals surface area contributed by atoms with Crippen molar-refractivity contribution in [2.45, 2.75) is 39.2 Å². The standard InChI is InChI=1S/C25H27ClF3N3O3S/c1-2-34-23(33)12-14-30-13-3-15-32-22(19-6-10-21(11-7-19)35-25(27,28)29)17-36-24(32)31-16-18-4-8-20(26)9-5-18/h4-11,17,30H,2-3,12-16H2,1H3. The second-order valence-electron chi connectivity index (χ2n) is 7.73. The maximum atomic E-state index is 12.5. The van der Waals surface area contributed by atoms with Crippen LogP contribution in [0.3, 0.4) is 0 Å². The number of halogens is 4. The van der Waals surface area contributed by atoms with Crippen molar-refractivity contribution in [2.24, 2.45) is 4.99 Å². The first-order chi connectivity index (χ1) is 17.2. The van der Waals surface area contributed by atoms with Crippen LogP contribution in [-0.4, -0.2) is 36.6 Å². The van der Waals surface area contributed by atoms with Crippen LogP contribution in [0.5, 0.6) is 5.75 Å². The van der Waals surface area contributed by atoms with Gasteiger partial charge in [-0.25, -0.2) is 0 Å². The zero-order valence-electron chi connectivity index (χ0n) is 19.7. The predicted octanol–water partition coefficient (Wildman–Crippen LogP) is 5.80. The van der Waals surface area contributed by atoms with Gasteiger partial charge in [-0.05, 0) is 67.4 Å². The molecule has 0 saturated carbocycles. The average molecular weight is 542 g/mol. The molecule has 0 amide bonds. The van der Waals surface area contributed by atoms with Crippen molar-refractivity contribution in [3.63, 3.8) is 0 Å². The number of esters is 1. The molecule has 0 spiro atoms. The molecule has 0 bridgehead atoms. The molecule has 0 saturated heterocycles. The summed E-state index contributed by atoms with van der Waals surface area (Å²) in [5.41, 5.74) is 2.61. The first-order valence-electron chi connectivity index (χ1n) is 11.4. The van der Waals surface area contributed by atoms with Gasteiger partial charge in [-0.2, -0.15) is 0 Å². The lowest BCUT2D eigenvalue weighted by Crippen LogP contribution is -2.23. The summed E-state index contributed by atoms with van der Waals surface area (Å²) in [5.74, 6) is -0.507. The van der Waals surface area contributed by atoms with E-state index in [1.807, 2.05) is 34.2 Å². The summed E-state index contributed by atoms with van der Waals surface area (Å²) in [6.45, 7) is 4.43. The van der Waals surface area contributed by atoms with Crippen LogP contribution < -0.4 is 14.9 Å². The van der Waals surface area contributed by atoms with Gasteiger partial charge in [0.05, 0.1) is 25.3 Å². The van der Waals surface area contributed by atoms with Gasteiger partial charge in [0.2, 0.25) is 0 Å². The van der Waals surface area contributed by atoms with E-state index < -0.39 is 6.36 Å². The van der Waals surface area contributed by atoms with Crippen LogP contribution >= 0.6 is 22.9 Å². The molecular weight excluding hydrogens is 515 g/mol. The van der Waals surface area contributed by atoms with E-state index in [1.54, 1.807) is 19.1 Å². The zero-order chi connectivity index (χ0) is 26.0. The van der Waals surface area contributed by atoms with Crippen molar-refractivity contribution in [3.8, 4) is 17.0 Å². The molecule has 2 aromatic carbocycles. The van der Waals surface area contributed by atoms with Crippen molar-refractivity contribution < 1.29 is 27.4 Å². The lowest BCUT2D eigenvalue weighted by molar-refractivity contribution is -0.274. The van der Waals surface area contributed by atoms with E-state index in [9.17, 15) is 18.0 Å². The largest absolute Gasteiger partial charge is 0.573 e. The first-order valence-corrected chi connectivity index (χ1v) is 12.7. The first kappa shape index (κ1) is 27.8. The van der Waals surface area contributed by atoms with Gasteiger partial charge >= 0.3 is 12.3 Å². The predicted molar refractivity (Wildman–Crippen MR) is 134 cm³/mol. The van der Waals surface area contributed by atoms with Gasteiger partial charge in [-0.1, -0.05) is 23.7 Å². The Morgan fingerprint density at radius 1 is 1.11 bits per heavy atom. The lowest BCUT2D eigenvalue weighted by Gasteiger charge is -2.12. The number of nitrogens with zero attached hydrogens (tertiary/aromatic N) is 2. The van der Waals surface area contributed by atoms with Crippen molar-refractivity contribution in [1.29, 1.82) is 0 Å². The maximum absolute atomic E-state index is 12.5. The van der Waals surface area contributed by atoms with Crippen LogP contribution in [0, 0.1) is 0 Å². The molecule has 0 fully saturated rings. The van der Waals surface area contributed by atoms with Crippen LogP contribution in [0.2, 0.25) is 5.02 Å². The SMILES string of the molecule is CCOC(=O)CCNCCCn1c(-c2ccc(OC(F)(F)F)cc2)csc1=NCc1ccc(Cl)cc1. The fourth-order valence-corrected chi connectivity index (χ4v) is 4.45. The van der Waals surface area contributed by atoms with Gasteiger partial charge in [-0.3, -0.25) is 9.79 Å². The van der Waals surface area contributed by atoms with E-state index in [1.165, 1.54) is 23.5 Å². The highest BCUT2D eigenvalue weighted by Gasteiger charge is 2.31. The third kappa shape index (κ3) is 9.00. The van der Waals surface area contributed by atoms with Crippen molar-refractivity contribution >= 4 is 28.9 Å². The molecular formula is C25H27ClF3N3O3S. The fraction of sp³-hybridized carbons (Fsp3) is 0.360. The summed E-state index contributed by atoms with van der Waals surface area (Å²) >= 11 is 7.43. The molecule has 0 aliphatic heterocycles. The zero-order valence-corrected chi connectivity index (χ0v) is 21.3. The van der Waals surface area contributed by atoms with Crippen LogP contribution in [0.15, 0.2) is 58.9 Å². The molecule has 3 rings (SSSR count). The third-order valence-corrected chi connectivity index (χ3v) is 6.19. The Hall–Kier alpha value is -2.82. The van der Waals surface area contributed by atoms with Crippen molar-refractivity contribution in [3.05, 3.63) is 69.3 Å². The smallest absolute Gasteiger partial charge is 0.466 e. The molecule has 1 N–H and O–H groups in total. The average Bonchev–Trinajstić information content (AvgIpc) is 3.23. The van der Waals surface area contributed by atoms with E-state index in [2.05, 4.69) is 10.1 Å². The molecule has 0 unspecified atom stereocenters. The number of alkyl halides is 3. The number of hydrogen-bond acceptors (Lipinski definition) is 6. The Labute approximate surface area is 216 Å². The summed E-state index contributed by atoms with van der Waals surface area (Å²) in [5, 5.41) is 5.82. The number of carbonyl (C=O) groups is 1. The van der Waals surface area contributed by atoms with E-state index in [-0.39, 0.29) is 11.7 Å². The quantitative estimate of drug-likeness (QED) is 0.232. The minimum absolute atomic E-state index is 0.235.